The van der Waals surface area contributed by atoms with E-state index in [-0.39, 0.29) is 0 Å². The van der Waals surface area contributed by atoms with E-state index in [1.165, 1.54) is 12.8 Å². The van der Waals surface area contributed by atoms with Gasteiger partial charge in [0.1, 0.15) is 6.23 Å². The van der Waals surface area contributed by atoms with Crippen molar-refractivity contribution in [3.8, 4) is 0 Å². The van der Waals surface area contributed by atoms with Gasteiger partial charge in [-0.15, -0.1) is 0 Å². The van der Waals surface area contributed by atoms with Gasteiger partial charge in [-0.05, 0) is 32.7 Å². The SMILES string of the molecule is CC(O)NC1CCCCN1. The molecule has 2 unspecified atom stereocenters. The molecule has 0 bridgehead atoms. The average molecular weight is 144 g/mol. The van der Waals surface area contributed by atoms with Gasteiger partial charge in [0.25, 0.3) is 0 Å². The number of aliphatic hydroxyl groups excluding tert-OH is 1. The van der Waals surface area contributed by atoms with Gasteiger partial charge >= 0.3 is 0 Å². The Kier molecular flexibility index (Phi) is 3.12. The van der Waals surface area contributed by atoms with E-state index < -0.39 is 6.23 Å². The first-order valence-electron chi connectivity index (χ1n) is 3.96. The van der Waals surface area contributed by atoms with Gasteiger partial charge in [-0.1, -0.05) is 0 Å². The maximum Gasteiger partial charge on any atom is 0.103 e. The van der Waals surface area contributed by atoms with Crippen LogP contribution < -0.4 is 10.6 Å². The molecular weight excluding hydrogens is 128 g/mol. The fourth-order valence-corrected chi connectivity index (χ4v) is 1.29. The zero-order valence-corrected chi connectivity index (χ0v) is 6.43. The highest BCUT2D eigenvalue weighted by atomic mass is 16.3. The maximum atomic E-state index is 8.95. The third-order valence-electron chi connectivity index (χ3n) is 1.75. The molecule has 0 amide bonds. The van der Waals surface area contributed by atoms with Crippen LogP contribution in [0.5, 0.6) is 0 Å². The molecule has 0 aliphatic carbocycles. The van der Waals surface area contributed by atoms with Crippen LogP contribution in [0.1, 0.15) is 26.2 Å². The molecule has 0 saturated carbocycles. The Hall–Kier alpha value is -0.120. The fourth-order valence-electron chi connectivity index (χ4n) is 1.29. The molecule has 1 aliphatic rings. The highest BCUT2D eigenvalue weighted by Gasteiger charge is 2.12. The van der Waals surface area contributed by atoms with Crippen molar-refractivity contribution in [1.29, 1.82) is 0 Å². The highest BCUT2D eigenvalue weighted by molar-refractivity contribution is 4.69. The van der Waals surface area contributed by atoms with Crippen molar-refractivity contribution in [1.82, 2.24) is 10.6 Å². The minimum Gasteiger partial charge on any atom is -0.379 e. The maximum absolute atomic E-state index is 8.95. The van der Waals surface area contributed by atoms with Gasteiger partial charge < -0.3 is 10.4 Å². The summed E-state index contributed by atoms with van der Waals surface area (Å²) in [5.74, 6) is 0. The standard InChI is InChI=1S/C7H16N2O/c1-6(10)9-7-4-2-3-5-8-7/h6-10H,2-5H2,1H3. The number of hydrogen-bond acceptors (Lipinski definition) is 3. The largest absolute Gasteiger partial charge is 0.379 e. The Morgan fingerprint density at radius 2 is 2.40 bits per heavy atom. The van der Waals surface area contributed by atoms with Crippen molar-refractivity contribution in [2.45, 2.75) is 38.6 Å². The molecule has 1 heterocycles. The van der Waals surface area contributed by atoms with E-state index in [2.05, 4.69) is 10.6 Å². The monoisotopic (exact) mass is 144 g/mol. The third-order valence-corrected chi connectivity index (χ3v) is 1.75. The minimum absolute atomic E-state index is 0.328. The molecule has 1 fully saturated rings. The van der Waals surface area contributed by atoms with Crippen molar-refractivity contribution in [2.75, 3.05) is 6.54 Å². The second-order valence-corrected chi connectivity index (χ2v) is 2.85. The van der Waals surface area contributed by atoms with Crippen molar-refractivity contribution in [3.63, 3.8) is 0 Å². The van der Waals surface area contributed by atoms with E-state index in [0.717, 1.165) is 13.0 Å². The number of nitrogens with one attached hydrogen (secondary N) is 2. The predicted molar refractivity (Wildman–Crippen MR) is 40.5 cm³/mol. The van der Waals surface area contributed by atoms with Crippen molar-refractivity contribution >= 4 is 0 Å². The highest BCUT2D eigenvalue weighted by Crippen LogP contribution is 2.04. The van der Waals surface area contributed by atoms with Gasteiger partial charge in [0, 0.05) is 0 Å². The number of aliphatic hydroxyl groups is 1. The van der Waals surface area contributed by atoms with Crippen molar-refractivity contribution < 1.29 is 5.11 Å². The van der Waals surface area contributed by atoms with Gasteiger partial charge in [-0.25, -0.2) is 0 Å². The van der Waals surface area contributed by atoms with Crippen LogP contribution in [0.4, 0.5) is 0 Å². The number of hydrogen-bond donors (Lipinski definition) is 3. The molecule has 1 saturated heterocycles. The predicted octanol–water partition coefficient (Wildman–Crippen LogP) is 0.0139. The normalized spacial score (nSPS) is 30.0. The first kappa shape index (κ1) is 7.98. The van der Waals surface area contributed by atoms with Gasteiger partial charge in [-0.2, -0.15) is 0 Å². The molecule has 3 heteroatoms. The molecule has 0 aromatic carbocycles. The lowest BCUT2D eigenvalue weighted by Crippen LogP contribution is -2.48. The molecule has 3 N–H and O–H groups in total. The summed E-state index contributed by atoms with van der Waals surface area (Å²) >= 11 is 0. The summed E-state index contributed by atoms with van der Waals surface area (Å²) in [6.45, 7) is 2.82. The molecular formula is C7H16N2O. The minimum atomic E-state index is -0.393. The summed E-state index contributed by atoms with van der Waals surface area (Å²) in [6, 6.07) is 0. The molecule has 0 aromatic heterocycles. The fraction of sp³-hybridized carbons (Fsp3) is 1.00. The van der Waals surface area contributed by atoms with E-state index in [4.69, 9.17) is 5.11 Å². The van der Waals surface area contributed by atoms with Crippen LogP contribution in [-0.4, -0.2) is 24.0 Å². The first-order chi connectivity index (χ1) is 4.79. The molecule has 0 spiro atoms. The van der Waals surface area contributed by atoms with E-state index in [0.29, 0.717) is 6.17 Å². The molecule has 2 atom stereocenters. The topological polar surface area (TPSA) is 44.3 Å². The Bertz CT molecular complexity index is 89.6. The number of rotatable bonds is 2. The lowest BCUT2D eigenvalue weighted by molar-refractivity contribution is 0.124. The van der Waals surface area contributed by atoms with Gasteiger partial charge in [0.15, 0.2) is 0 Å². The molecule has 1 rings (SSSR count). The molecule has 0 aromatic rings. The quantitative estimate of drug-likeness (QED) is 0.478. The second-order valence-electron chi connectivity index (χ2n) is 2.85. The summed E-state index contributed by atoms with van der Waals surface area (Å²) < 4.78 is 0. The van der Waals surface area contributed by atoms with Crippen LogP contribution in [0.2, 0.25) is 0 Å². The molecule has 1 aliphatic heterocycles. The van der Waals surface area contributed by atoms with E-state index in [9.17, 15) is 0 Å². The Morgan fingerprint density at radius 3 is 2.90 bits per heavy atom. The Labute approximate surface area is 61.8 Å². The summed E-state index contributed by atoms with van der Waals surface area (Å²) in [4.78, 5) is 0. The van der Waals surface area contributed by atoms with Crippen LogP contribution in [0, 0.1) is 0 Å². The Morgan fingerprint density at radius 1 is 1.60 bits per heavy atom. The lowest BCUT2D eigenvalue weighted by atomic mass is 10.1. The second kappa shape index (κ2) is 3.91. The van der Waals surface area contributed by atoms with Crippen LogP contribution in [0.25, 0.3) is 0 Å². The lowest BCUT2D eigenvalue weighted by Gasteiger charge is -2.25. The van der Waals surface area contributed by atoms with Crippen molar-refractivity contribution in [2.24, 2.45) is 0 Å². The van der Waals surface area contributed by atoms with Gasteiger partial charge in [-0.3, -0.25) is 5.32 Å². The van der Waals surface area contributed by atoms with Gasteiger partial charge in [0.05, 0.1) is 6.17 Å². The molecule has 3 nitrogen and oxygen atoms in total. The van der Waals surface area contributed by atoms with E-state index in [1.807, 2.05) is 0 Å². The molecule has 0 radical (unpaired) electrons. The molecule has 60 valence electrons. The first-order valence-corrected chi connectivity index (χ1v) is 3.96. The van der Waals surface area contributed by atoms with Crippen LogP contribution >= 0.6 is 0 Å². The zero-order valence-electron chi connectivity index (χ0n) is 6.43. The zero-order chi connectivity index (χ0) is 7.40. The van der Waals surface area contributed by atoms with Crippen LogP contribution in [0.3, 0.4) is 0 Å². The van der Waals surface area contributed by atoms with E-state index in [1.54, 1.807) is 6.92 Å². The van der Waals surface area contributed by atoms with Crippen LogP contribution in [0.15, 0.2) is 0 Å². The smallest absolute Gasteiger partial charge is 0.103 e. The summed E-state index contributed by atoms with van der Waals surface area (Å²) in [5, 5.41) is 15.3. The Balaban J connectivity index is 2.13. The van der Waals surface area contributed by atoms with Crippen LogP contribution in [-0.2, 0) is 0 Å². The number of piperidine rings is 1. The third kappa shape index (κ3) is 2.64. The summed E-state index contributed by atoms with van der Waals surface area (Å²) in [7, 11) is 0. The van der Waals surface area contributed by atoms with Crippen molar-refractivity contribution in [3.05, 3.63) is 0 Å². The summed E-state index contributed by atoms with van der Waals surface area (Å²) in [6.07, 6.45) is 3.59. The molecule has 10 heavy (non-hydrogen) atoms. The average Bonchev–Trinajstić information content (AvgIpc) is 1.88. The van der Waals surface area contributed by atoms with Gasteiger partial charge in [0.2, 0.25) is 0 Å². The summed E-state index contributed by atoms with van der Waals surface area (Å²) in [5.41, 5.74) is 0. The van der Waals surface area contributed by atoms with E-state index >= 15 is 0 Å².